The van der Waals surface area contributed by atoms with Crippen LogP contribution in [0.3, 0.4) is 0 Å². The molecule has 19 heavy (non-hydrogen) atoms. The van der Waals surface area contributed by atoms with Crippen LogP contribution in [0.25, 0.3) is 10.9 Å². The largest absolute Gasteiger partial charge is 0.461 e. The lowest BCUT2D eigenvalue weighted by atomic mass is 10.2. The standard InChI is InChI=1S/C13H14N2O4/c1-3-18-12(16)9-5-8-6-10(13(17)19-4-2)15-11(8)7-14-9/h5-7,15H,3-4H2,1-2H3. The maximum absolute atomic E-state index is 11.6. The van der Waals surface area contributed by atoms with Gasteiger partial charge in [-0.3, -0.25) is 0 Å². The molecule has 0 saturated carbocycles. The number of carbonyl (C=O) groups excluding carboxylic acids is 2. The van der Waals surface area contributed by atoms with Crippen molar-refractivity contribution in [3.63, 3.8) is 0 Å². The highest BCUT2D eigenvalue weighted by Crippen LogP contribution is 2.16. The van der Waals surface area contributed by atoms with E-state index in [1.54, 1.807) is 26.0 Å². The number of carbonyl (C=O) groups is 2. The van der Waals surface area contributed by atoms with Crippen molar-refractivity contribution in [3.8, 4) is 0 Å². The van der Waals surface area contributed by atoms with Crippen molar-refractivity contribution < 1.29 is 19.1 Å². The summed E-state index contributed by atoms with van der Waals surface area (Å²) in [7, 11) is 0. The van der Waals surface area contributed by atoms with Gasteiger partial charge in [0.25, 0.3) is 0 Å². The number of aromatic amines is 1. The molecular weight excluding hydrogens is 248 g/mol. The number of hydrogen-bond donors (Lipinski definition) is 1. The van der Waals surface area contributed by atoms with Gasteiger partial charge in [-0.25, -0.2) is 14.6 Å². The minimum absolute atomic E-state index is 0.212. The number of pyridine rings is 1. The highest BCUT2D eigenvalue weighted by atomic mass is 16.5. The molecule has 0 bridgehead atoms. The van der Waals surface area contributed by atoms with Gasteiger partial charge in [0.2, 0.25) is 0 Å². The number of hydrogen-bond acceptors (Lipinski definition) is 5. The molecule has 100 valence electrons. The van der Waals surface area contributed by atoms with E-state index < -0.39 is 11.9 Å². The normalized spacial score (nSPS) is 10.4. The maximum atomic E-state index is 11.6. The molecule has 1 N–H and O–H groups in total. The summed E-state index contributed by atoms with van der Waals surface area (Å²) in [6.45, 7) is 4.06. The Bertz CT molecular complexity index is 602. The third-order valence-corrected chi connectivity index (χ3v) is 2.49. The molecule has 6 heteroatoms. The molecule has 0 aliphatic rings. The Kier molecular flexibility index (Phi) is 3.79. The molecule has 0 unspecified atom stereocenters. The SMILES string of the molecule is CCOC(=O)c1cc2cc(C(=O)OCC)[nH]c2cn1. The fraction of sp³-hybridized carbons (Fsp3) is 0.308. The summed E-state index contributed by atoms with van der Waals surface area (Å²) in [6, 6.07) is 3.20. The van der Waals surface area contributed by atoms with E-state index in [0.717, 1.165) is 0 Å². The first-order valence-corrected chi connectivity index (χ1v) is 5.98. The van der Waals surface area contributed by atoms with Crippen molar-refractivity contribution >= 4 is 22.8 Å². The first kappa shape index (κ1) is 13.1. The van der Waals surface area contributed by atoms with Gasteiger partial charge in [0, 0.05) is 5.39 Å². The second-order valence-corrected chi connectivity index (χ2v) is 3.78. The van der Waals surface area contributed by atoms with Gasteiger partial charge in [0.15, 0.2) is 0 Å². The molecule has 0 amide bonds. The number of ether oxygens (including phenoxy) is 2. The summed E-state index contributed by atoms with van der Waals surface area (Å²) in [5, 5.41) is 0.709. The number of esters is 2. The van der Waals surface area contributed by atoms with E-state index >= 15 is 0 Å². The van der Waals surface area contributed by atoms with Gasteiger partial charge >= 0.3 is 11.9 Å². The quantitative estimate of drug-likeness (QED) is 0.851. The number of aromatic nitrogens is 2. The minimum Gasteiger partial charge on any atom is -0.461 e. The summed E-state index contributed by atoms with van der Waals surface area (Å²) in [4.78, 5) is 30.0. The Morgan fingerprint density at radius 3 is 2.53 bits per heavy atom. The average molecular weight is 262 g/mol. The van der Waals surface area contributed by atoms with Crippen molar-refractivity contribution in [2.24, 2.45) is 0 Å². The number of nitrogens with zero attached hydrogens (tertiary/aromatic N) is 1. The minimum atomic E-state index is -0.483. The Balaban J connectivity index is 2.33. The lowest BCUT2D eigenvalue weighted by molar-refractivity contribution is 0.0511. The molecule has 6 nitrogen and oxygen atoms in total. The topological polar surface area (TPSA) is 81.3 Å². The van der Waals surface area contributed by atoms with Gasteiger partial charge < -0.3 is 14.5 Å². The van der Waals surface area contributed by atoms with Crippen LogP contribution in [-0.4, -0.2) is 35.1 Å². The Labute approximate surface area is 109 Å². The second-order valence-electron chi connectivity index (χ2n) is 3.78. The Hall–Kier alpha value is -2.37. The highest BCUT2D eigenvalue weighted by molar-refractivity contribution is 5.97. The second kappa shape index (κ2) is 5.51. The van der Waals surface area contributed by atoms with Crippen LogP contribution in [0.15, 0.2) is 18.3 Å². The summed E-state index contributed by atoms with van der Waals surface area (Å²) < 4.78 is 9.76. The van der Waals surface area contributed by atoms with Crippen molar-refractivity contribution in [2.75, 3.05) is 13.2 Å². The van der Waals surface area contributed by atoms with Gasteiger partial charge in [-0.15, -0.1) is 0 Å². The third kappa shape index (κ3) is 2.73. The van der Waals surface area contributed by atoms with E-state index in [9.17, 15) is 9.59 Å². The summed E-state index contributed by atoms with van der Waals surface area (Å²) in [5.41, 5.74) is 1.21. The molecule has 0 saturated heterocycles. The predicted molar refractivity (Wildman–Crippen MR) is 68.0 cm³/mol. The molecule has 0 atom stereocenters. The van der Waals surface area contributed by atoms with Crippen LogP contribution in [-0.2, 0) is 9.47 Å². The van der Waals surface area contributed by atoms with Gasteiger partial charge in [-0.05, 0) is 26.0 Å². The van der Waals surface area contributed by atoms with E-state index in [1.807, 2.05) is 0 Å². The van der Waals surface area contributed by atoms with Crippen molar-refractivity contribution in [2.45, 2.75) is 13.8 Å². The fourth-order valence-electron chi connectivity index (χ4n) is 1.67. The Morgan fingerprint density at radius 2 is 1.84 bits per heavy atom. The molecule has 2 rings (SSSR count). The molecule has 0 fully saturated rings. The lowest BCUT2D eigenvalue weighted by Crippen LogP contribution is -2.06. The van der Waals surface area contributed by atoms with Crippen molar-refractivity contribution in [3.05, 3.63) is 29.7 Å². The van der Waals surface area contributed by atoms with E-state index in [0.29, 0.717) is 29.8 Å². The third-order valence-electron chi connectivity index (χ3n) is 2.49. The first-order valence-electron chi connectivity index (χ1n) is 5.98. The van der Waals surface area contributed by atoms with Crippen LogP contribution in [0, 0.1) is 0 Å². The van der Waals surface area contributed by atoms with E-state index in [2.05, 4.69) is 9.97 Å². The van der Waals surface area contributed by atoms with Gasteiger partial charge in [0.05, 0.1) is 24.9 Å². The molecule has 2 aromatic rings. The van der Waals surface area contributed by atoms with Crippen LogP contribution in [0.5, 0.6) is 0 Å². The first-order chi connectivity index (χ1) is 9.15. The molecular formula is C13H14N2O4. The molecule has 0 aliphatic heterocycles. The van der Waals surface area contributed by atoms with Gasteiger partial charge in [0.1, 0.15) is 11.4 Å². The molecule has 0 aliphatic carbocycles. The molecule has 2 aromatic heterocycles. The number of fused-ring (bicyclic) bond motifs is 1. The average Bonchev–Trinajstić information content (AvgIpc) is 2.82. The highest BCUT2D eigenvalue weighted by Gasteiger charge is 2.13. The van der Waals surface area contributed by atoms with Gasteiger partial charge in [-0.2, -0.15) is 0 Å². The fourth-order valence-corrected chi connectivity index (χ4v) is 1.67. The van der Waals surface area contributed by atoms with Crippen LogP contribution < -0.4 is 0 Å². The smallest absolute Gasteiger partial charge is 0.356 e. The van der Waals surface area contributed by atoms with Crippen molar-refractivity contribution in [1.82, 2.24) is 9.97 Å². The number of nitrogens with one attached hydrogen (secondary N) is 1. The zero-order valence-corrected chi connectivity index (χ0v) is 10.7. The predicted octanol–water partition coefficient (Wildman–Crippen LogP) is 1.92. The molecule has 2 heterocycles. The molecule has 0 radical (unpaired) electrons. The van der Waals surface area contributed by atoms with Crippen LogP contribution in [0.4, 0.5) is 0 Å². The summed E-state index contributed by atoms with van der Waals surface area (Å²) in [6.07, 6.45) is 1.49. The van der Waals surface area contributed by atoms with Gasteiger partial charge in [-0.1, -0.05) is 0 Å². The molecule has 0 spiro atoms. The monoisotopic (exact) mass is 262 g/mol. The van der Waals surface area contributed by atoms with E-state index in [4.69, 9.17) is 9.47 Å². The number of H-pyrrole nitrogens is 1. The number of rotatable bonds is 4. The van der Waals surface area contributed by atoms with Crippen LogP contribution >= 0.6 is 0 Å². The summed E-state index contributed by atoms with van der Waals surface area (Å²) >= 11 is 0. The van der Waals surface area contributed by atoms with Crippen LogP contribution in [0.1, 0.15) is 34.8 Å². The van der Waals surface area contributed by atoms with Crippen LogP contribution in [0.2, 0.25) is 0 Å². The lowest BCUT2D eigenvalue weighted by Gasteiger charge is -1.99. The van der Waals surface area contributed by atoms with E-state index in [-0.39, 0.29) is 5.69 Å². The zero-order valence-electron chi connectivity index (χ0n) is 10.7. The zero-order chi connectivity index (χ0) is 13.8. The van der Waals surface area contributed by atoms with Crippen molar-refractivity contribution in [1.29, 1.82) is 0 Å². The maximum Gasteiger partial charge on any atom is 0.356 e. The molecule has 0 aromatic carbocycles. The summed E-state index contributed by atoms with van der Waals surface area (Å²) in [5.74, 6) is -0.917. The van der Waals surface area contributed by atoms with E-state index in [1.165, 1.54) is 6.20 Å². The Morgan fingerprint density at radius 1 is 1.16 bits per heavy atom.